The van der Waals surface area contributed by atoms with E-state index in [1.54, 1.807) is 0 Å². The first-order valence-electron chi connectivity index (χ1n) is 6.97. The molecule has 1 heterocycles. The summed E-state index contributed by atoms with van der Waals surface area (Å²) in [5.41, 5.74) is 1.17. The summed E-state index contributed by atoms with van der Waals surface area (Å²) in [5.74, 6) is 0.306. The first-order valence-corrected chi connectivity index (χ1v) is 7.76. The van der Waals surface area contributed by atoms with Gasteiger partial charge in [0.1, 0.15) is 0 Å². The third-order valence-electron chi connectivity index (χ3n) is 3.66. The molecule has 0 spiro atoms. The Labute approximate surface area is 123 Å². The van der Waals surface area contributed by atoms with Gasteiger partial charge in [-0.2, -0.15) is 0 Å². The highest BCUT2D eigenvalue weighted by Crippen LogP contribution is 2.20. The first kappa shape index (κ1) is 14.5. The summed E-state index contributed by atoms with van der Waals surface area (Å²) in [6, 6.07) is 8.29. The van der Waals surface area contributed by atoms with Crippen LogP contribution < -0.4 is 10.6 Å². The minimum absolute atomic E-state index is 0.113. The van der Waals surface area contributed by atoms with Crippen molar-refractivity contribution in [3.05, 3.63) is 34.3 Å². The van der Waals surface area contributed by atoms with Crippen molar-refractivity contribution in [3.63, 3.8) is 0 Å². The maximum atomic E-state index is 12.2. The van der Waals surface area contributed by atoms with Gasteiger partial charge in [0, 0.05) is 11.0 Å². The lowest BCUT2D eigenvalue weighted by Gasteiger charge is -2.25. The van der Waals surface area contributed by atoms with E-state index in [0.717, 1.165) is 36.8 Å². The monoisotopic (exact) mass is 324 g/mol. The number of amides is 1. The molecule has 1 aromatic carbocycles. The summed E-state index contributed by atoms with van der Waals surface area (Å²) < 4.78 is 1.06. The fourth-order valence-electron chi connectivity index (χ4n) is 2.48. The maximum absolute atomic E-state index is 12.2. The third kappa shape index (κ3) is 4.05. The van der Waals surface area contributed by atoms with Gasteiger partial charge in [0.25, 0.3) is 0 Å². The lowest BCUT2D eigenvalue weighted by molar-refractivity contribution is -0.126. The van der Waals surface area contributed by atoms with Crippen molar-refractivity contribution in [2.75, 3.05) is 13.1 Å². The van der Waals surface area contributed by atoms with Crippen molar-refractivity contribution < 1.29 is 4.79 Å². The Morgan fingerprint density at radius 3 is 2.79 bits per heavy atom. The maximum Gasteiger partial charge on any atom is 0.224 e. The molecule has 19 heavy (non-hydrogen) atoms. The highest BCUT2D eigenvalue weighted by Gasteiger charge is 2.23. The molecule has 1 saturated heterocycles. The number of piperidine rings is 1. The number of benzene rings is 1. The Hall–Kier alpha value is -0.870. The molecule has 3 nitrogen and oxygen atoms in total. The highest BCUT2D eigenvalue weighted by molar-refractivity contribution is 9.10. The van der Waals surface area contributed by atoms with E-state index in [1.807, 2.05) is 12.1 Å². The summed E-state index contributed by atoms with van der Waals surface area (Å²) in [7, 11) is 0. The number of carbonyl (C=O) groups is 1. The smallest absolute Gasteiger partial charge is 0.224 e. The van der Waals surface area contributed by atoms with Crippen LogP contribution in [0.25, 0.3) is 0 Å². The standard InChI is InChI=1S/C15H21BrN2O/c1-2-14(11-5-7-13(16)8-6-11)18-15(19)12-4-3-9-17-10-12/h5-8,12,14,17H,2-4,9-10H2,1H3,(H,18,19)/t12-,14?/m0/s1. The predicted molar refractivity (Wildman–Crippen MR) is 80.9 cm³/mol. The summed E-state index contributed by atoms with van der Waals surface area (Å²) in [6.07, 6.45) is 3.00. The number of nitrogens with one attached hydrogen (secondary N) is 2. The molecule has 1 aliphatic rings. The zero-order chi connectivity index (χ0) is 13.7. The van der Waals surface area contributed by atoms with Crippen molar-refractivity contribution in [2.45, 2.75) is 32.2 Å². The Morgan fingerprint density at radius 1 is 1.47 bits per heavy atom. The van der Waals surface area contributed by atoms with Gasteiger partial charge in [-0.15, -0.1) is 0 Å². The van der Waals surface area contributed by atoms with Gasteiger partial charge >= 0.3 is 0 Å². The second-order valence-electron chi connectivity index (χ2n) is 5.06. The molecule has 2 N–H and O–H groups in total. The Morgan fingerprint density at radius 2 is 2.21 bits per heavy atom. The molecule has 1 aliphatic heterocycles. The van der Waals surface area contributed by atoms with Crippen molar-refractivity contribution in [2.24, 2.45) is 5.92 Å². The van der Waals surface area contributed by atoms with Crippen LogP contribution >= 0.6 is 15.9 Å². The molecule has 0 radical (unpaired) electrons. The molecule has 2 atom stereocenters. The first-order chi connectivity index (χ1) is 9.20. The van der Waals surface area contributed by atoms with Crippen molar-refractivity contribution in [1.82, 2.24) is 10.6 Å². The summed E-state index contributed by atoms with van der Waals surface area (Å²) in [4.78, 5) is 12.2. The van der Waals surface area contributed by atoms with E-state index in [1.165, 1.54) is 5.56 Å². The fraction of sp³-hybridized carbons (Fsp3) is 0.533. The Kier molecular flexibility index (Phi) is 5.40. The van der Waals surface area contributed by atoms with Crippen LogP contribution in [0, 0.1) is 5.92 Å². The minimum atomic E-state index is 0.113. The van der Waals surface area contributed by atoms with E-state index in [-0.39, 0.29) is 17.9 Å². The Bertz CT molecular complexity index is 413. The molecule has 1 unspecified atom stereocenters. The predicted octanol–water partition coefficient (Wildman–Crippen LogP) is 3.02. The largest absolute Gasteiger partial charge is 0.349 e. The molecule has 1 aromatic rings. The third-order valence-corrected chi connectivity index (χ3v) is 4.19. The lowest BCUT2D eigenvalue weighted by atomic mass is 9.97. The van der Waals surface area contributed by atoms with Gasteiger partial charge < -0.3 is 10.6 Å². The topological polar surface area (TPSA) is 41.1 Å². The van der Waals surface area contributed by atoms with Crippen LogP contribution in [0.4, 0.5) is 0 Å². The molecule has 2 rings (SSSR count). The summed E-state index contributed by atoms with van der Waals surface area (Å²) in [6.45, 7) is 3.95. The van der Waals surface area contributed by atoms with Crippen LogP contribution in [0.1, 0.15) is 37.8 Å². The number of carbonyl (C=O) groups excluding carboxylic acids is 1. The quantitative estimate of drug-likeness (QED) is 0.893. The van der Waals surface area contributed by atoms with Gasteiger partial charge in [0.2, 0.25) is 5.91 Å². The van der Waals surface area contributed by atoms with Gasteiger partial charge in [0.15, 0.2) is 0 Å². The zero-order valence-electron chi connectivity index (χ0n) is 11.3. The van der Waals surface area contributed by atoms with E-state index in [2.05, 4.69) is 45.6 Å². The van der Waals surface area contributed by atoms with E-state index in [4.69, 9.17) is 0 Å². The molecule has 0 bridgehead atoms. The molecule has 104 valence electrons. The van der Waals surface area contributed by atoms with Crippen molar-refractivity contribution >= 4 is 21.8 Å². The molecular formula is C15H21BrN2O. The second-order valence-corrected chi connectivity index (χ2v) is 5.98. The van der Waals surface area contributed by atoms with Gasteiger partial charge in [-0.05, 0) is 43.5 Å². The van der Waals surface area contributed by atoms with E-state index >= 15 is 0 Å². The van der Waals surface area contributed by atoms with E-state index in [9.17, 15) is 4.79 Å². The number of hydrogen-bond donors (Lipinski definition) is 2. The van der Waals surface area contributed by atoms with Crippen molar-refractivity contribution in [1.29, 1.82) is 0 Å². The molecule has 0 aromatic heterocycles. The SMILES string of the molecule is CCC(NC(=O)[C@H]1CCCNC1)c1ccc(Br)cc1. The molecule has 0 saturated carbocycles. The molecular weight excluding hydrogens is 304 g/mol. The number of halogens is 1. The average molecular weight is 325 g/mol. The van der Waals surface area contributed by atoms with E-state index < -0.39 is 0 Å². The average Bonchev–Trinajstić information content (AvgIpc) is 2.46. The second kappa shape index (κ2) is 7.06. The van der Waals surface area contributed by atoms with Crippen LogP contribution in [-0.2, 0) is 4.79 Å². The van der Waals surface area contributed by atoms with Crippen LogP contribution in [0.3, 0.4) is 0 Å². The summed E-state index contributed by atoms with van der Waals surface area (Å²) in [5, 5.41) is 6.47. The fourth-order valence-corrected chi connectivity index (χ4v) is 2.75. The van der Waals surface area contributed by atoms with Crippen LogP contribution in [0.15, 0.2) is 28.7 Å². The number of rotatable bonds is 4. The van der Waals surface area contributed by atoms with E-state index in [0.29, 0.717) is 0 Å². The molecule has 1 amide bonds. The lowest BCUT2D eigenvalue weighted by Crippen LogP contribution is -2.41. The zero-order valence-corrected chi connectivity index (χ0v) is 12.9. The molecule has 0 aliphatic carbocycles. The normalized spacial score (nSPS) is 20.8. The van der Waals surface area contributed by atoms with Crippen molar-refractivity contribution in [3.8, 4) is 0 Å². The number of hydrogen-bond acceptors (Lipinski definition) is 2. The van der Waals surface area contributed by atoms with Gasteiger partial charge in [-0.1, -0.05) is 35.0 Å². The van der Waals surface area contributed by atoms with Gasteiger partial charge in [-0.25, -0.2) is 0 Å². The summed E-state index contributed by atoms with van der Waals surface area (Å²) >= 11 is 3.43. The minimum Gasteiger partial charge on any atom is -0.349 e. The molecule has 4 heteroatoms. The van der Waals surface area contributed by atoms with Crippen LogP contribution in [0.5, 0.6) is 0 Å². The molecule has 1 fully saturated rings. The van der Waals surface area contributed by atoms with Crippen LogP contribution in [-0.4, -0.2) is 19.0 Å². The van der Waals surface area contributed by atoms with Gasteiger partial charge in [0.05, 0.1) is 12.0 Å². The highest BCUT2D eigenvalue weighted by atomic mass is 79.9. The Balaban J connectivity index is 1.98. The van der Waals surface area contributed by atoms with Crippen LogP contribution in [0.2, 0.25) is 0 Å². The van der Waals surface area contributed by atoms with Gasteiger partial charge in [-0.3, -0.25) is 4.79 Å².